The van der Waals surface area contributed by atoms with Crippen LogP contribution in [0.4, 0.5) is 0 Å². The van der Waals surface area contributed by atoms with E-state index in [0.717, 1.165) is 65.0 Å². The number of carbonyl (C=O) groups excluding carboxylic acids is 1. The van der Waals surface area contributed by atoms with Crippen molar-refractivity contribution in [3.8, 4) is 11.1 Å². The third-order valence-corrected chi connectivity index (χ3v) is 5.37. The van der Waals surface area contributed by atoms with Crippen LogP contribution in [0, 0.1) is 5.92 Å². The van der Waals surface area contributed by atoms with Crippen molar-refractivity contribution in [2.45, 2.75) is 20.3 Å². The molecular weight excluding hydrogens is 362 g/mol. The fourth-order valence-electron chi connectivity index (χ4n) is 3.90. The van der Waals surface area contributed by atoms with E-state index < -0.39 is 6.98 Å². The number of amides is 1. The summed E-state index contributed by atoms with van der Waals surface area (Å²) in [5.41, 5.74) is 2.34. The molecule has 3 aromatic rings. The van der Waals surface area contributed by atoms with Gasteiger partial charge in [-0.15, -0.1) is 0 Å². The number of fused-ring (bicyclic) bond motifs is 1. The molecule has 6 heteroatoms. The fourth-order valence-corrected chi connectivity index (χ4v) is 3.90. The lowest BCUT2D eigenvalue weighted by Crippen LogP contribution is -2.49. The van der Waals surface area contributed by atoms with E-state index in [-0.39, 0.29) is 12.3 Å². The maximum Gasteiger partial charge on any atom is 0.228 e. The van der Waals surface area contributed by atoms with Crippen molar-refractivity contribution in [3.63, 3.8) is 0 Å². The van der Waals surface area contributed by atoms with Crippen LogP contribution in [-0.4, -0.2) is 63.2 Å². The fraction of sp³-hybridized carbons (Fsp3) is 0.435. The van der Waals surface area contributed by atoms with Gasteiger partial charge in [-0.2, -0.15) is 5.10 Å². The largest absolute Gasteiger partial charge is 0.340 e. The van der Waals surface area contributed by atoms with E-state index in [0.29, 0.717) is 5.92 Å². The van der Waals surface area contributed by atoms with Gasteiger partial charge in [-0.05, 0) is 29.0 Å². The van der Waals surface area contributed by atoms with E-state index in [1.54, 1.807) is 12.4 Å². The molecule has 1 amide bonds. The van der Waals surface area contributed by atoms with Crippen molar-refractivity contribution >= 4 is 16.7 Å². The van der Waals surface area contributed by atoms with Crippen molar-refractivity contribution in [1.29, 1.82) is 0 Å². The Morgan fingerprint density at radius 1 is 1.10 bits per heavy atom. The third kappa shape index (κ3) is 4.65. The number of rotatable bonds is 5. The predicted molar refractivity (Wildman–Crippen MR) is 116 cm³/mol. The van der Waals surface area contributed by atoms with Crippen LogP contribution in [0.25, 0.3) is 21.9 Å². The van der Waals surface area contributed by atoms with E-state index in [9.17, 15) is 4.79 Å². The average molecular weight is 395 g/mol. The number of aryl methyl sites for hydroxylation is 1. The smallest absolute Gasteiger partial charge is 0.228 e. The first kappa shape index (κ1) is 16.1. The topological polar surface area (TPSA) is 54.3 Å². The van der Waals surface area contributed by atoms with Gasteiger partial charge in [0.2, 0.25) is 5.91 Å². The zero-order valence-corrected chi connectivity index (χ0v) is 17.0. The minimum atomic E-state index is -2.30. The summed E-state index contributed by atoms with van der Waals surface area (Å²) in [6.45, 7) is 6.56. The quantitative estimate of drug-likeness (QED) is 0.668. The monoisotopic (exact) mass is 394 g/mol. The molecule has 4 rings (SSSR count). The van der Waals surface area contributed by atoms with Crippen molar-refractivity contribution in [2.24, 2.45) is 12.9 Å². The highest BCUT2D eigenvalue weighted by Gasteiger charge is 2.21. The summed E-state index contributed by atoms with van der Waals surface area (Å²) in [7, 11) is 0. The zero-order chi connectivity index (χ0) is 22.9. The lowest BCUT2D eigenvalue weighted by molar-refractivity contribution is -0.132. The molecule has 1 saturated heterocycles. The maximum atomic E-state index is 12.8. The molecule has 152 valence electrons. The van der Waals surface area contributed by atoms with Crippen LogP contribution in [0.1, 0.15) is 23.7 Å². The molecule has 1 aliphatic rings. The highest BCUT2D eigenvalue weighted by atomic mass is 16.2. The van der Waals surface area contributed by atoms with Gasteiger partial charge in [0.25, 0.3) is 0 Å². The Labute approximate surface area is 176 Å². The third-order valence-electron chi connectivity index (χ3n) is 5.37. The van der Waals surface area contributed by atoms with Crippen LogP contribution in [0.5, 0.6) is 0 Å². The average Bonchev–Trinajstić information content (AvgIpc) is 3.24. The van der Waals surface area contributed by atoms with Gasteiger partial charge in [0, 0.05) is 67.2 Å². The Morgan fingerprint density at radius 2 is 1.93 bits per heavy atom. The minimum absolute atomic E-state index is 0.108. The number of piperazine rings is 1. The van der Waals surface area contributed by atoms with Crippen LogP contribution >= 0.6 is 0 Å². The summed E-state index contributed by atoms with van der Waals surface area (Å²) >= 11 is 0. The van der Waals surface area contributed by atoms with Crippen molar-refractivity contribution < 1.29 is 8.91 Å². The molecule has 6 nitrogen and oxygen atoms in total. The zero-order valence-electron chi connectivity index (χ0n) is 20.0. The molecule has 3 heterocycles. The van der Waals surface area contributed by atoms with Crippen LogP contribution in [0.15, 0.2) is 42.9 Å². The summed E-state index contributed by atoms with van der Waals surface area (Å²) < 4.78 is 23.4. The normalized spacial score (nSPS) is 17.3. The number of nitrogens with zero attached hydrogens (tertiary/aromatic N) is 5. The molecule has 2 aromatic heterocycles. The van der Waals surface area contributed by atoms with Gasteiger partial charge in [0.05, 0.1) is 18.3 Å². The van der Waals surface area contributed by atoms with E-state index in [2.05, 4.69) is 28.8 Å². The Hall–Kier alpha value is -2.73. The second-order valence-electron chi connectivity index (χ2n) is 8.16. The second kappa shape index (κ2) is 8.33. The highest BCUT2D eigenvalue weighted by molar-refractivity contribution is 5.88. The molecule has 1 fully saturated rings. The van der Waals surface area contributed by atoms with Crippen LogP contribution in [0.3, 0.4) is 0 Å². The van der Waals surface area contributed by atoms with E-state index in [1.165, 1.54) is 6.20 Å². The highest BCUT2D eigenvalue weighted by Crippen LogP contribution is 2.24. The Balaban J connectivity index is 1.46. The molecule has 29 heavy (non-hydrogen) atoms. The Morgan fingerprint density at radius 3 is 2.66 bits per heavy atom. The van der Waals surface area contributed by atoms with Gasteiger partial charge in [0.1, 0.15) is 0 Å². The number of pyridine rings is 1. The second-order valence-corrected chi connectivity index (χ2v) is 8.16. The number of hydrogen-bond acceptors (Lipinski definition) is 4. The lowest BCUT2D eigenvalue weighted by Gasteiger charge is -2.35. The molecule has 0 saturated carbocycles. The van der Waals surface area contributed by atoms with Crippen LogP contribution < -0.4 is 0 Å². The molecule has 0 radical (unpaired) electrons. The first-order valence-corrected chi connectivity index (χ1v) is 10.1. The van der Waals surface area contributed by atoms with Gasteiger partial charge >= 0.3 is 0 Å². The molecule has 0 spiro atoms. The number of benzene rings is 1. The summed E-state index contributed by atoms with van der Waals surface area (Å²) in [4.78, 5) is 21.7. The van der Waals surface area contributed by atoms with E-state index >= 15 is 0 Å². The molecule has 1 aromatic carbocycles. The molecular formula is C23H29N5O. The SMILES string of the molecule is [2H]C([2H])([2H])n1cc(-c2ccc3cnc(CC(=O)N4CCN(CC(C)C)CC4)cc3c2)cn1. The van der Waals surface area contributed by atoms with Gasteiger partial charge in [-0.3, -0.25) is 19.4 Å². The molecule has 0 unspecified atom stereocenters. The van der Waals surface area contributed by atoms with Gasteiger partial charge in [0.15, 0.2) is 0 Å². The van der Waals surface area contributed by atoms with Crippen LogP contribution in [-0.2, 0) is 18.2 Å². The molecule has 0 atom stereocenters. The van der Waals surface area contributed by atoms with Crippen molar-refractivity contribution in [2.75, 3.05) is 32.7 Å². The predicted octanol–water partition coefficient (Wildman–Crippen LogP) is 2.98. The first-order valence-electron chi connectivity index (χ1n) is 11.6. The lowest BCUT2D eigenvalue weighted by atomic mass is 10.0. The summed E-state index contributed by atoms with van der Waals surface area (Å²) in [6, 6.07) is 7.80. The standard InChI is InChI=1S/C23H29N5O/c1-17(2)15-27-6-8-28(9-7-27)23(29)12-22-11-20-10-18(4-5-19(20)13-24-22)21-14-25-26(3)16-21/h4-5,10-11,13-14,16-17H,6-9,12,15H2,1-3H3/i3D3. The maximum absolute atomic E-state index is 12.8. The van der Waals surface area contributed by atoms with Gasteiger partial charge in [-0.1, -0.05) is 26.0 Å². The van der Waals surface area contributed by atoms with Crippen molar-refractivity contribution in [3.05, 3.63) is 48.5 Å². The first-order chi connectivity index (χ1) is 15.2. The van der Waals surface area contributed by atoms with E-state index in [4.69, 9.17) is 4.11 Å². The summed E-state index contributed by atoms with van der Waals surface area (Å²) in [5.74, 6) is 0.739. The molecule has 0 bridgehead atoms. The van der Waals surface area contributed by atoms with Crippen LogP contribution in [0.2, 0.25) is 0 Å². The summed E-state index contributed by atoms with van der Waals surface area (Å²) in [6.07, 6.45) is 5.15. The number of carbonyl (C=O) groups is 1. The number of aromatic nitrogens is 3. The molecule has 1 aliphatic heterocycles. The minimum Gasteiger partial charge on any atom is -0.340 e. The van der Waals surface area contributed by atoms with E-state index in [1.807, 2.05) is 29.2 Å². The summed E-state index contributed by atoms with van der Waals surface area (Å²) in [5, 5.41) is 5.89. The molecule has 0 N–H and O–H groups in total. The van der Waals surface area contributed by atoms with Gasteiger partial charge < -0.3 is 4.90 Å². The molecule has 0 aliphatic carbocycles. The Kier molecular flexibility index (Phi) is 4.63. The number of hydrogen-bond donors (Lipinski definition) is 0. The Bertz CT molecular complexity index is 1100. The van der Waals surface area contributed by atoms with Gasteiger partial charge in [-0.25, -0.2) is 0 Å². The van der Waals surface area contributed by atoms with Crippen molar-refractivity contribution in [1.82, 2.24) is 24.6 Å².